The van der Waals surface area contributed by atoms with Crippen LogP contribution in [-0.4, -0.2) is 35.0 Å². The van der Waals surface area contributed by atoms with Gasteiger partial charge >= 0.3 is 12.3 Å². The highest BCUT2D eigenvalue weighted by molar-refractivity contribution is 6.12. The monoisotopic (exact) mass is 571 g/mol. The molecule has 0 aliphatic heterocycles. The topological polar surface area (TPSA) is 107 Å². The molecular weight excluding hydrogens is 539 g/mol. The van der Waals surface area contributed by atoms with Gasteiger partial charge in [-0.25, -0.2) is 4.79 Å². The summed E-state index contributed by atoms with van der Waals surface area (Å²) in [5, 5.41) is 4.69. The zero-order valence-corrected chi connectivity index (χ0v) is 23.7. The van der Waals surface area contributed by atoms with Crippen LogP contribution in [0.5, 0.6) is 5.75 Å². The van der Waals surface area contributed by atoms with Crippen LogP contribution < -0.4 is 15.4 Å². The molecule has 0 saturated carbocycles. The van der Waals surface area contributed by atoms with Gasteiger partial charge in [0.1, 0.15) is 11.4 Å². The lowest BCUT2D eigenvalue weighted by Gasteiger charge is -2.22. The first-order valence-electron chi connectivity index (χ1n) is 12.8. The lowest BCUT2D eigenvalue weighted by molar-refractivity contribution is -0.138. The number of hydrogen-bond acceptors (Lipinski definition) is 6. The minimum Gasteiger partial charge on any atom is -0.493 e. The van der Waals surface area contributed by atoms with Crippen LogP contribution in [0.1, 0.15) is 61.3 Å². The lowest BCUT2D eigenvalue weighted by atomic mass is 9.97. The van der Waals surface area contributed by atoms with Gasteiger partial charge in [-0.3, -0.25) is 19.9 Å². The molecule has 0 bridgehead atoms. The number of carbonyl (C=O) groups excluding carboxylic acids is 3. The Kier molecular flexibility index (Phi) is 9.42. The van der Waals surface area contributed by atoms with Gasteiger partial charge in [0.2, 0.25) is 5.91 Å². The van der Waals surface area contributed by atoms with E-state index in [0.717, 1.165) is 28.5 Å². The number of anilines is 2. The second-order valence-electron chi connectivity index (χ2n) is 10.2. The second-order valence-corrected chi connectivity index (χ2v) is 10.2. The molecule has 3 rings (SSSR count). The maximum absolute atomic E-state index is 13.8. The van der Waals surface area contributed by atoms with Gasteiger partial charge in [-0.2, -0.15) is 13.2 Å². The van der Waals surface area contributed by atoms with Crippen molar-refractivity contribution in [2.24, 2.45) is 0 Å². The minimum absolute atomic E-state index is 0.0766. The molecule has 0 unspecified atom stereocenters. The summed E-state index contributed by atoms with van der Waals surface area (Å²) in [5.41, 5.74) is 1.04. The highest BCUT2D eigenvalue weighted by Gasteiger charge is 2.36. The van der Waals surface area contributed by atoms with Gasteiger partial charge in [-0.15, -0.1) is 0 Å². The van der Waals surface area contributed by atoms with Crippen molar-refractivity contribution >= 4 is 29.2 Å². The first-order valence-corrected chi connectivity index (χ1v) is 12.8. The van der Waals surface area contributed by atoms with Crippen LogP contribution >= 0.6 is 0 Å². The average molecular weight is 572 g/mol. The number of amides is 2. The van der Waals surface area contributed by atoms with Crippen molar-refractivity contribution in [3.8, 4) is 16.9 Å². The maximum atomic E-state index is 13.8. The van der Waals surface area contributed by atoms with E-state index in [1.165, 1.54) is 6.92 Å². The number of rotatable bonds is 8. The van der Waals surface area contributed by atoms with Crippen LogP contribution in [0.3, 0.4) is 0 Å². The van der Waals surface area contributed by atoms with Crippen LogP contribution in [0.4, 0.5) is 29.3 Å². The summed E-state index contributed by atoms with van der Waals surface area (Å²) >= 11 is 0. The summed E-state index contributed by atoms with van der Waals surface area (Å²) < 4.78 is 51.8. The van der Waals surface area contributed by atoms with Crippen molar-refractivity contribution in [3.63, 3.8) is 0 Å². The number of benzene rings is 2. The molecular formula is C30H32F3N3O5. The zero-order valence-electron chi connectivity index (χ0n) is 23.7. The standard InChI is InChI=1S/C30H32F3N3O5/c1-7-40-26-15-24(36-28(39)41-29(4,5)6)23(14-22(26)30(31,32)33)35-27(38)16-25(37)20-10-8-9-19(13-20)21-11-12-34-18(3)17(21)2/h8-15H,7,16H2,1-6H3,(H,35,38)(H,36,39). The number of nitrogens with one attached hydrogen (secondary N) is 2. The first kappa shape index (κ1) is 31.1. The molecule has 0 aliphatic carbocycles. The number of pyridine rings is 1. The van der Waals surface area contributed by atoms with Crippen LogP contribution in [0.2, 0.25) is 0 Å². The molecule has 0 spiro atoms. The van der Waals surface area contributed by atoms with Crippen LogP contribution in [-0.2, 0) is 15.7 Å². The SMILES string of the molecule is CCOc1cc(NC(=O)OC(C)(C)C)c(NC(=O)CC(=O)c2cccc(-c3ccnc(C)c3C)c2)cc1C(F)(F)F. The summed E-state index contributed by atoms with van der Waals surface area (Å²) in [5.74, 6) is -1.96. The quantitative estimate of drug-likeness (QED) is 0.216. The van der Waals surface area contributed by atoms with Gasteiger partial charge in [-0.1, -0.05) is 18.2 Å². The normalized spacial score (nSPS) is 11.5. The van der Waals surface area contributed by atoms with E-state index in [9.17, 15) is 27.6 Å². The minimum atomic E-state index is -4.83. The number of alkyl halides is 3. The van der Waals surface area contributed by atoms with Crippen molar-refractivity contribution in [2.75, 3.05) is 17.2 Å². The number of aryl methyl sites for hydroxylation is 1. The molecule has 41 heavy (non-hydrogen) atoms. The fraction of sp³-hybridized carbons (Fsp3) is 0.333. The predicted octanol–water partition coefficient (Wildman–Crippen LogP) is 7.34. The Morgan fingerprint density at radius 1 is 0.951 bits per heavy atom. The third-order valence-corrected chi connectivity index (χ3v) is 5.91. The molecule has 0 saturated heterocycles. The fourth-order valence-corrected chi connectivity index (χ4v) is 3.95. The lowest BCUT2D eigenvalue weighted by Crippen LogP contribution is -2.28. The van der Waals surface area contributed by atoms with Crippen LogP contribution in [0.25, 0.3) is 11.1 Å². The molecule has 2 aromatic carbocycles. The summed E-state index contributed by atoms with van der Waals surface area (Å²) in [6.45, 7) is 10.1. The number of carbonyl (C=O) groups is 3. The van der Waals surface area contributed by atoms with Crippen molar-refractivity contribution < 1.29 is 37.0 Å². The van der Waals surface area contributed by atoms with E-state index in [4.69, 9.17) is 9.47 Å². The first-order chi connectivity index (χ1) is 19.1. The Bertz CT molecular complexity index is 1460. The average Bonchev–Trinajstić information content (AvgIpc) is 2.85. The van der Waals surface area contributed by atoms with Gasteiger partial charge in [0, 0.05) is 23.5 Å². The summed E-state index contributed by atoms with van der Waals surface area (Å²) in [6, 6.07) is 10.1. The van der Waals surface area contributed by atoms with Crippen molar-refractivity contribution in [3.05, 3.63) is 71.0 Å². The van der Waals surface area contributed by atoms with Gasteiger partial charge in [0.25, 0.3) is 0 Å². The molecule has 2 N–H and O–H groups in total. The van der Waals surface area contributed by atoms with Crippen LogP contribution in [0.15, 0.2) is 48.7 Å². The van der Waals surface area contributed by atoms with Gasteiger partial charge in [0.15, 0.2) is 5.78 Å². The summed E-state index contributed by atoms with van der Waals surface area (Å²) in [4.78, 5) is 42.5. The molecule has 11 heteroatoms. The van der Waals surface area contributed by atoms with E-state index < -0.39 is 47.3 Å². The molecule has 2 amide bonds. The Morgan fingerprint density at radius 3 is 2.27 bits per heavy atom. The number of aromatic nitrogens is 1. The zero-order chi connectivity index (χ0) is 30.5. The van der Waals surface area contributed by atoms with E-state index >= 15 is 0 Å². The highest BCUT2D eigenvalue weighted by Crippen LogP contribution is 2.41. The van der Waals surface area contributed by atoms with E-state index in [2.05, 4.69) is 15.6 Å². The number of ketones is 1. The highest BCUT2D eigenvalue weighted by atomic mass is 19.4. The Hall–Kier alpha value is -4.41. The van der Waals surface area contributed by atoms with Crippen LogP contribution in [0, 0.1) is 13.8 Å². The molecule has 3 aromatic rings. The van der Waals surface area contributed by atoms with Crippen molar-refractivity contribution in [1.82, 2.24) is 4.98 Å². The van der Waals surface area contributed by atoms with Crippen molar-refractivity contribution in [2.45, 2.75) is 59.7 Å². The molecule has 0 fully saturated rings. The predicted molar refractivity (Wildman–Crippen MR) is 149 cm³/mol. The Labute approximate surface area is 236 Å². The number of nitrogens with zero attached hydrogens (tertiary/aromatic N) is 1. The number of Topliss-reactive ketones (excluding diaryl/α,β-unsaturated/α-hetero) is 1. The number of ether oxygens (including phenoxy) is 2. The third-order valence-electron chi connectivity index (χ3n) is 5.91. The summed E-state index contributed by atoms with van der Waals surface area (Å²) in [6.07, 6.45) is -4.77. The molecule has 1 heterocycles. The number of halogens is 3. The van der Waals surface area contributed by atoms with E-state index in [1.54, 1.807) is 45.2 Å². The van der Waals surface area contributed by atoms with E-state index in [1.807, 2.05) is 26.0 Å². The van der Waals surface area contributed by atoms with Crippen molar-refractivity contribution in [1.29, 1.82) is 0 Å². The van der Waals surface area contributed by atoms with Gasteiger partial charge in [-0.05, 0) is 76.4 Å². The second kappa shape index (κ2) is 12.4. The van der Waals surface area contributed by atoms with Gasteiger partial charge in [0.05, 0.1) is 30.0 Å². The fourth-order valence-electron chi connectivity index (χ4n) is 3.95. The molecule has 8 nitrogen and oxygen atoms in total. The summed E-state index contributed by atoms with van der Waals surface area (Å²) in [7, 11) is 0. The largest absolute Gasteiger partial charge is 0.493 e. The third kappa shape index (κ3) is 8.29. The molecule has 1 aromatic heterocycles. The Morgan fingerprint density at radius 2 is 1.63 bits per heavy atom. The Balaban J connectivity index is 1.90. The van der Waals surface area contributed by atoms with E-state index in [-0.39, 0.29) is 23.5 Å². The van der Waals surface area contributed by atoms with E-state index in [0.29, 0.717) is 6.07 Å². The number of hydrogen-bond donors (Lipinski definition) is 2. The molecule has 218 valence electrons. The maximum Gasteiger partial charge on any atom is 0.420 e. The molecule has 0 aliphatic rings. The van der Waals surface area contributed by atoms with Gasteiger partial charge < -0.3 is 14.8 Å². The molecule has 0 radical (unpaired) electrons. The smallest absolute Gasteiger partial charge is 0.420 e. The molecule has 0 atom stereocenters.